The number of fused-ring (bicyclic) bond motifs is 1. The van der Waals surface area contributed by atoms with Crippen LogP contribution >= 0.6 is 11.6 Å². The van der Waals surface area contributed by atoms with Gasteiger partial charge in [-0.3, -0.25) is 0 Å². The van der Waals surface area contributed by atoms with Gasteiger partial charge in [-0.15, -0.1) is 0 Å². The summed E-state index contributed by atoms with van der Waals surface area (Å²) in [5.41, 5.74) is 1.99. The van der Waals surface area contributed by atoms with E-state index >= 15 is 0 Å². The molecule has 3 nitrogen and oxygen atoms in total. The van der Waals surface area contributed by atoms with Gasteiger partial charge >= 0.3 is 5.97 Å². The van der Waals surface area contributed by atoms with E-state index in [1.165, 1.54) is 6.26 Å². The fraction of sp³-hybridized carbons (Fsp3) is 0.250. The van der Waals surface area contributed by atoms with Gasteiger partial charge in [0.15, 0.2) is 0 Å². The quantitative estimate of drug-likeness (QED) is 0.751. The summed E-state index contributed by atoms with van der Waals surface area (Å²) in [7, 11) is 0. The average molecular weight is 239 g/mol. The maximum atomic E-state index is 11.6. The number of hydrogen-bond acceptors (Lipinski definition) is 3. The van der Waals surface area contributed by atoms with E-state index in [1.807, 2.05) is 6.92 Å². The van der Waals surface area contributed by atoms with Crippen molar-refractivity contribution in [3.05, 3.63) is 34.5 Å². The fourth-order valence-electron chi connectivity index (χ4n) is 1.63. The number of benzene rings is 1. The van der Waals surface area contributed by atoms with Gasteiger partial charge in [0.2, 0.25) is 0 Å². The molecule has 4 heteroatoms. The molecule has 0 aliphatic carbocycles. The van der Waals surface area contributed by atoms with Gasteiger partial charge in [0.25, 0.3) is 0 Å². The van der Waals surface area contributed by atoms with Crippen LogP contribution in [0.3, 0.4) is 0 Å². The van der Waals surface area contributed by atoms with Gasteiger partial charge in [0.05, 0.1) is 6.61 Å². The molecule has 0 saturated carbocycles. The van der Waals surface area contributed by atoms with Crippen LogP contribution in [0.15, 0.2) is 22.8 Å². The molecule has 0 N–H and O–H groups in total. The standard InChI is InChI=1S/C12H11ClO3/c1-3-15-12(14)10-6-16-11-7(2)4-8(13)5-9(10)11/h4-6H,3H2,1-2H3. The van der Waals surface area contributed by atoms with Crippen molar-refractivity contribution in [2.24, 2.45) is 0 Å². The Balaban J connectivity index is 2.60. The number of hydrogen-bond donors (Lipinski definition) is 0. The smallest absolute Gasteiger partial charge is 0.342 e. The van der Waals surface area contributed by atoms with Crippen LogP contribution in [0.2, 0.25) is 5.02 Å². The Labute approximate surface area is 97.9 Å². The van der Waals surface area contributed by atoms with Crippen LogP contribution in [0.25, 0.3) is 11.0 Å². The van der Waals surface area contributed by atoms with Crippen molar-refractivity contribution in [2.45, 2.75) is 13.8 Å². The van der Waals surface area contributed by atoms with Crippen LogP contribution in [0.4, 0.5) is 0 Å². The van der Waals surface area contributed by atoms with Gasteiger partial charge in [-0.2, -0.15) is 0 Å². The van der Waals surface area contributed by atoms with Crippen LogP contribution in [0.5, 0.6) is 0 Å². The molecule has 0 aliphatic rings. The zero-order chi connectivity index (χ0) is 11.7. The molecule has 2 aromatic rings. The first-order valence-electron chi connectivity index (χ1n) is 4.98. The third-order valence-electron chi connectivity index (χ3n) is 2.32. The Morgan fingerprint density at radius 1 is 1.50 bits per heavy atom. The summed E-state index contributed by atoms with van der Waals surface area (Å²) in [6.07, 6.45) is 1.41. The first-order chi connectivity index (χ1) is 7.63. The number of halogens is 1. The topological polar surface area (TPSA) is 39.4 Å². The van der Waals surface area contributed by atoms with E-state index in [9.17, 15) is 4.79 Å². The Kier molecular flexibility index (Phi) is 2.88. The van der Waals surface area contributed by atoms with Crippen LogP contribution in [0.1, 0.15) is 22.8 Å². The lowest BCUT2D eigenvalue weighted by Crippen LogP contribution is -2.03. The largest absolute Gasteiger partial charge is 0.463 e. The van der Waals surface area contributed by atoms with Crippen molar-refractivity contribution in [3.8, 4) is 0 Å². The Morgan fingerprint density at radius 2 is 2.25 bits per heavy atom. The van der Waals surface area contributed by atoms with Gasteiger partial charge in [-0.25, -0.2) is 4.79 Å². The van der Waals surface area contributed by atoms with E-state index in [2.05, 4.69) is 0 Å². The lowest BCUT2D eigenvalue weighted by atomic mass is 10.1. The monoisotopic (exact) mass is 238 g/mol. The lowest BCUT2D eigenvalue weighted by Gasteiger charge is -2.00. The van der Waals surface area contributed by atoms with Crippen LogP contribution in [-0.4, -0.2) is 12.6 Å². The molecule has 0 radical (unpaired) electrons. The van der Waals surface area contributed by atoms with Crippen LogP contribution in [0, 0.1) is 6.92 Å². The molecule has 2 rings (SSSR count). The minimum Gasteiger partial charge on any atom is -0.463 e. The molecule has 1 heterocycles. The molecule has 0 fully saturated rings. The maximum absolute atomic E-state index is 11.6. The fourth-order valence-corrected chi connectivity index (χ4v) is 1.91. The number of esters is 1. The van der Waals surface area contributed by atoms with E-state index in [-0.39, 0.29) is 5.97 Å². The lowest BCUT2D eigenvalue weighted by molar-refractivity contribution is 0.0527. The summed E-state index contributed by atoms with van der Waals surface area (Å²) in [4.78, 5) is 11.6. The first-order valence-corrected chi connectivity index (χ1v) is 5.35. The molecule has 0 atom stereocenters. The van der Waals surface area contributed by atoms with Crippen LogP contribution < -0.4 is 0 Å². The van der Waals surface area contributed by atoms with Crippen molar-refractivity contribution in [1.82, 2.24) is 0 Å². The molecule has 0 bridgehead atoms. The predicted octanol–water partition coefficient (Wildman–Crippen LogP) is 3.57. The molecule has 84 valence electrons. The SMILES string of the molecule is CCOC(=O)c1coc2c(C)cc(Cl)cc12. The number of furan rings is 1. The summed E-state index contributed by atoms with van der Waals surface area (Å²) in [6, 6.07) is 3.50. The molecular formula is C12H11ClO3. The summed E-state index contributed by atoms with van der Waals surface area (Å²) in [5, 5.41) is 1.28. The van der Waals surface area contributed by atoms with Crippen LogP contribution in [-0.2, 0) is 4.74 Å². The zero-order valence-electron chi connectivity index (χ0n) is 9.04. The van der Waals surface area contributed by atoms with Crippen molar-refractivity contribution >= 4 is 28.5 Å². The Bertz CT molecular complexity index is 542. The first kappa shape index (κ1) is 11.0. The molecule has 1 aromatic carbocycles. The summed E-state index contributed by atoms with van der Waals surface area (Å²) < 4.78 is 10.3. The van der Waals surface area contributed by atoms with Gasteiger partial charge in [-0.05, 0) is 31.5 Å². The molecule has 0 aliphatic heterocycles. The van der Waals surface area contributed by atoms with Crippen molar-refractivity contribution in [1.29, 1.82) is 0 Å². The number of rotatable bonds is 2. The van der Waals surface area contributed by atoms with E-state index < -0.39 is 0 Å². The third kappa shape index (κ3) is 1.78. The van der Waals surface area contributed by atoms with Gasteiger partial charge < -0.3 is 9.15 Å². The molecule has 0 saturated heterocycles. The molecule has 0 amide bonds. The second-order valence-electron chi connectivity index (χ2n) is 3.47. The number of carbonyl (C=O) groups excluding carboxylic acids is 1. The second kappa shape index (κ2) is 4.18. The highest BCUT2D eigenvalue weighted by molar-refractivity contribution is 6.31. The van der Waals surface area contributed by atoms with Crippen molar-refractivity contribution < 1.29 is 13.9 Å². The highest BCUT2D eigenvalue weighted by atomic mass is 35.5. The van der Waals surface area contributed by atoms with Gasteiger partial charge in [0, 0.05) is 10.4 Å². The highest BCUT2D eigenvalue weighted by Crippen LogP contribution is 2.28. The van der Waals surface area contributed by atoms with Gasteiger partial charge in [-0.1, -0.05) is 11.6 Å². The van der Waals surface area contributed by atoms with E-state index in [0.29, 0.717) is 28.2 Å². The molecule has 1 aromatic heterocycles. The third-order valence-corrected chi connectivity index (χ3v) is 2.54. The van der Waals surface area contributed by atoms with Crippen molar-refractivity contribution in [3.63, 3.8) is 0 Å². The summed E-state index contributed by atoms with van der Waals surface area (Å²) in [5.74, 6) is -0.386. The molecular weight excluding hydrogens is 228 g/mol. The molecule has 0 unspecified atom stereocenters. The normalized spacial score (nSPS) is 10.7. The highest BCUT2D eigenvalue weighted by Gasteiger charge is 2.16. The Morgan fingerprint density at radius 3 is 2.94 bits per heavy atom. The minimum absolute atomic E-state index is 0.338. The number of carbonyl (C=O) groups is 1. The minimum atomic E-state index is -0.386. The number of aryl methyl sites for hydroxylation is 1. The van der Waals surface area contributed by atoms with E-state index in [0.717, 1.165) is 5.56 Å². The Hall–Kier alpha value is -1.48. The summed E-state index contributed by atoms with van der Waals surface area (Å²) in [6.45, 7) is 3.98. The molecule has 16 heavy (non-hydrogen) atoms. The van der Waals surface area contributed by atoms with E-state index in [1.54, 1.807) is 19.1 Å². The predicted molar refractivity (Wildman–Crippen MR) is 61.9 cm³/mol. The van der Waals surface area contributed by atoms with Crippen molar-refractivity contribution in [2.75, 3.05) is 6.61 Å². The zero-order valence-corrected chi connectivity index (χ0v) is 9.80. The van der Waals surface area contributed by atoms with E-state index in [4.69, 9.17) is 20.8 Å². The maximum Gasteiger partial charge on any atom is 0.342 e. The average Bonchev–Trinajstić information content (AvgIpc) is 2.61. The number of ether oxygens (including phenoxy) is 1. The summed E-state index contributed by atoms with van der Waals surface area (Å²) >= 11 is 5.94. The second-order valence-corrected chi connectivity index (χ2v) is 3.91. The molecule has 0 spiro atoms. The van der Waals surface area contributed by atoms with Gasteiger partial charge in [0.1, 0.15) is 17.4 Å².